The smallest absolute Gasteiger partial charge is 0.462 e. The van der Waals surface area contributed by atoms with Crippen molar-refractivity contribution in [3.63, 3.8) is 0 Å². The van der Waals surface area contributed by atoms with E-state index in [0.29, 0.717) is 25.7 Å². The van der Waals surface area contributed by atoms with E-state index in [9.17, 15) is 43.2 Å². The van der Waals surface area contributed by atoms with Crippen LogP contribution < -0.4 is 0 Å². The summed E-state index contributed by atoms with van der Waals surface area (Å²) in [4.78, 5) is 72.7. The fraction of sp³-hybridized carbons (Fsp3) is 0.892. The highest BCUT2D eigenvalue weighted by molar-refractivity contribution is 7.47. The first-order chi connectivity index (χ1) is 44.8. The Hall–Kier alpha value is -2.46. The van der Waals surface area contributed by atoms with Gasteiger partial charge in [-0.1, -0.05) is 297 Å². The Morgan fingerprint density at radius 1 is 0.355 bits per heavy atom. The molecule has 3 unspecified atom stereocenters. The Morgan fingerprint density at radius 2 is 0.634 bits per heavy atom. The molecule has 0 aliphatic rings. The number of carbonyl (C=O) groups is 4. The third-order valence-corrected chi connectivity index (χ3v) is 18.8. The van der Waals surface area contributed by atoms with Crippen molar-refractivity contribution in [2.75, 3.05) is 39.6 Å². The van der Waals surface area contributed by atoms with Gasteiger partial charge in [0.25, 0.3) is 0 Å². The van der Waals surface area contributed by atoms with Crippen molar-refractivity contribution in [2.45, 2.75) is 369 Å². The van der Waals surface area contributed by atoms with Gasteiger partial charge in [-0.3, -0.25) is 37.3 Å². The van der Waals surface area contributed by atoms with Crippen LogP contribution in [0.2, 0.25) is 0 Å². The van der Waals surface area contributed by atoms with Crippen LogP contribution in [0.1, 0.15) is 350 Å². The van der Waals surface area contributed by atoms with E-state index in [1.54, 1.807) is 0 Å². The van der Waals surface area contributed by atoms with Crippen LogP contribution >= 0.6 is 15.6 Å². The average molecular weight is 1360 g/mol. The zero-order valence-electron chi connectivity index (χ0n) is 60.2. The minimum atomic E-state index is -4.96. The first-order valence-corrected chi connectivity index (χ1v) is 40.7. The molecule has 0 aromatic heterocycles. The van der Waals surface area contributed by atoms with E-state index in [1.807, 2.05) is 0 Å². The molecule has 93 heavy (non-hydrogen) atoms. The molecule has 0 amide bonds. The Balaban J connectivity index is 5.28. The van der Waals surface area contributed by atoms with Crippen molar-refractivity contribution >= 4 is 39.5 Å². The second-order valence-corrected chi connectivity index (χ2v) is 30.1. The topological polar surface area (TPSA) is 237 Å². The summed E-state index contributed by atoms with van der Waals surface area (Å²) in [5.74, 6) is 0.0926. The van der Waals surface area contributed by atoms with Crippen LogP contribution in [-0.2, 0) is 65.4 Å². The van der Waals surface area contributed by atoms with E-state index in [1.165, 1.54) is 141 Å². The molecule has 0 bridgehead atoms. The van der Waals surface area contributed by atoms with Crippen LogP contribution in [0.4, 0.5) is 0 Å². The molecule has 0 aromatic rings. The van der Waals surface area contributed by atoms with Gasteiger partial charge in [-0.05, 0) is 69.1 Å². The van der Waals surface area contributed by atoms with E-state index in [4.69, 9.17) is 37.0 Å². The summed E-state index contributed by atoms with van der Waals surface area (Å²) in [5.41, 5.74) is 0. The largest absolute Gasteiger partial charge is 0.472 e. The third kappa shape index (κ3) is 66.6. The van der Waals surface area contributed by atoms with Gasteiger partial charge in [0.2, 0.25) is 0 Å². The molecular formula is C74H140O17P2. The minimum absolute atomic E-state index is 0.0837. The maximum Gasteiger partial charge on any atom is 0.472 e. The van der Waals surface area contributed by atoms with Crippen molar-refractivity contribution in [2.24, 2.45) is 17.8 Å². The monoisotopic (exact) mass is 1360 g/mol. The summed E-state index contributed by atoms with van der Waals surface area (Å²) >= 11 is 0. The molecule has 0 radical (unpaired) electrons. The number of carbonyl (C=O) groups excluding carboxylic acids is 4. The van der Waals surface area contributed by atoms with Crippen LogP contribution in [0.3, 0.4) is 0 Å². The maximum atomic E-state index is 13.0. The van der Waals surface area contributed by atoms with Gasteiger partial charge in [0.15, 0.2) is 12.2 Å². The molecule has 0 rings (SSSR count). The van der Waals surface area contributed by atoms with Gasteiger partial charge < -0.3 is 33.8 Å². The van der Waals surface area contributed by atoms with E-state index in [2.05, 4.69) is 72.8 Å². The average Bonchev–Trinajstić information content (AvgIpc) is 2.52. The van der Waals surface area contributed by atoms with E-state index < -0.39 is 97.5 Å². The van der Waals surface area contributed by atoms with Crippen molar-refractivity contribution in [3.8, 4) is 0 Å². The van der Waals surface area contributed by atoms with E-state index in [-0.39, 0.29) is 25.7 Å². The Morgan fingerprint density at radius 3 is 0.957 bits per heavy atom. The lowest BCUT2D eigenvalue weighted by Gasteiger charge is -2.21. The lowest BCUT2D eigenvalue weighted by molar-refractivity contribution is -0.161. The standard InChI is InChI=1S/C74H140O17P2/c1-8-10-11-12-13-14-15-16-17-21-24-27-34-43-50-58-74(79)91-70(62-85-72(77)56-49-42-37-36-40-47-54-67(7)9-2)64-89-93(82,83)87-60-68(75)59-86-92(80,81)88-63-69(61-84-71(76)55-48-41-33-30-29-32-39-46-53-66(5)6)90-73(78)57-51-44-35-28-25-22-19-18-20-23-26-31-38-45-52-65(3)4/h14-17,65-70,75H,8-13,18-64H2,1-7H3,(H,80,81)(H,82,83)/b15-14-,17-16-/t67?,68-,69-,70-/m1/s1. The molecule has 0 aliphatic carbocycles. The van der Waals surface area contributed by atoms with Crippen LogP contribution in [0, 0.1) is 17.8 Å². The molecule has 0 aromatic carbocycles. The van der Waals surface area contributed by atoms with E-state index >= 15 is 0 Å². The SMILES string of the molecule is CCCCCC/C=C\C=C/CCCCCCCC(=O)O[C@H](COC(=O)CCCCCCCCC(C)CC)COP(=O)(O)OC[C@H](O)COP(=O)(O)OC[C@@H](COC(=O)CCCCCCCCCCC(C)C)OC(=O)CCCCCCCCCCCCCCCCC(C)C. The molecule has 17 nitrogen and oxygen atoms in total. The molecule has 548 valence electrons. The normalized spacial score (nSPS) is 14.6. The number of aliphatic hydroxyl groups excluding tert-OH is 1. The molecule has 19 heteroatoms. The number of unbranched alkanes of at least 4 members (excludes halogenated alkanes) is 34. The van der Waals surface area contributed by atoms with Gasteiger partial charge in [-0.2, -0.15) is 0 Å². The van der Waals surface area contributed by atoms with Gasteiger partial charge in [-0.25, -0.2) is 9.13 Å². The van der Waals surface area contributed by atoms with Crippen molar-refractivity contribution in [3.05, 3.63) is 24.3 Å². The molecule has 0 spiro atoms. The molecule has 0 heterocycles. The molecule has 6 atom stereocenters. The Labute approximate surface area is 567 Å². The second-order valence-electron chi connectivity index (χ2n) is 27.2. The maximum absolute atomic E-state index is 13.0. The molecule has 3 N–H and O–H groups in total. The summed E-state index contributed by atoms with van der Waals surface area (Å²) in [6.07, 6.45) is 52.2. The molecular weight excluding hydrogens is 1220 g/mol. The van der Waals surface area contributed by atoms with Crippen molar-refractivity contribution in [1.29, 1.82) is 0 Å². The highest BCUT2D eigenvalue weighted by Gasteiger charge is 2.30. The molecule has 0 saturated heterocycles. The van der Waals surface area contributed by atoms with Crippen molar-refractivity contribution < 1.29 is 80.2 Å². The predicted molar refractivity (Wildman–Crippen MR) is 377 cm³/mol. The minimum Gasteiger partial charge on any atom is -0.462 e. The van der Waals surface area contributed by atoms with E-state index in [0.717, 1.165) is 127 Å². The van der Waals surface area contributed by atoms with Crippen LogP contribution in [-0.4, -0.2) is 96.7 Å². The lowest BCUT2D eigenvalue weighted by atomic mass is 10.00. The molecule has 0 saturated carbocycles. The zero-order chi connectivity index (χ0) is 68.7. The van der Waals surface area contributed by atoms with Crippen LogP contribution in [0.25, 0.3) is 0 Å². The number of esters is 4. The van der Waals surface area contributed by atoms with Gasteiger partial charge in [0.05, 0.1) is 26.4 Å². The number of ether oxygens (including phenoxy) is 4. The van der Waals surface area contributed by atoms with Gasteiger partial charge >= 0.3 is 39.5 Å². The highest BCUT2D eigenvalue weighted by atomic mass is 31.2. The fourth-order valence-corrected chi connectivity index (χ4v) is 12.3. The molecule has 0 fully saturated rings. The number of rotatable bonds is 70. The highest BCUT2D eigenvalue weighted by Crippen LogP contribution is 2.45. The fourth-order valence-electron chi connectivity index (χ4n) is 10.7. The molecule has 0 aliphatic heterocycles. The summed E-state index contributed by atoms with van der Waals surface area (Å²) in [7, 11) is -9.92. The summed E-state index contributed by atoms with van der Waals surface area (Å²) in [6.45, 7) is 11.8. The Kier molecular flexibility index (Phi) is 62.5. The predicted octanol–water partition coefficient (Wildman–Crippen LogP) is 21.0. The summed E-state index contributed by atoms with van der Waals surface area (Å²) in [5, 5.41) is 10.6. The number of phosphoric acid groups is 2. The van der Waals surface area contributed by atoms with Gasteiger partial charge in [0.1, 0.15) is 19.3 Å². The third-order valence-electron chi connectivity index (χ3n) is 16.9. The summed E-state index contributed by atoms with van der Waals surface area (Å²) in [6, 6.07) is 0. The quantitative estimate of drug-likeness (QED) is 0.0169. The first kappa shape index (κ1) is 90.5. The number of phosphoric ester groups is 2. The Bertz CT molecular complexity index is 1910. The zero-order valence-corrected chi connectivity index (χ0v) is 62.0. The summed E-state index contributed by atoms with van der Waals surface area (Å²) < 4.78 is 68.4. The number of hydrogen-bond acceptors (Lipinski definition) is 15. The first-order valence-electron chi connectivity index (χ1n) is 37.7. The van der Waals surface area contributed by atoms with Crippen LogP contribution in [0.15, 0.2) is 24.3 Å². The van der Waals surface area contributed by atoms with Crippen molar-refractivity contribution in [1.82, 2.24) is 0 Å². The second kappa shape index (κ2) is 64.2. The lowest BCUT2D eigenvalue weighted by Crippen LogP contribution is -2.30. The number of hydrogen-bond donors (Lipinski definition) is 3. The van der Waals surface area contributed by atoms with Gasteiger partial charge in [0, 0.05) is 25.7 Å². The van der Waals surface area contributed by atoms with Gasteiger partial charge in [-0.15, -0.1) is 0 Å². The van der Waals surface area contributed by atoms with Crippen LogP contribution in [0.5, 0.6) is 0 Å². The number of allylic oxidation sites excluding steroid dienone is 4. The number of aliphatic hydroxyl groups is 1.